The molecule has 0 saturated heterocycles. The van der Waals surface area contributed by atoms with E-state index in [1.54, 1.807) is 21.3 Å². The lowest BCUT2D eigenvalue weighted by molar-refractivity contribution is 0.324. The standard InChI is InChI=1S/C19H28N4O3/c1-7-8-9-23(3)17-10-13(2)20-19(22-17)21-14-11-15(24-4)18(26-6)16(12-14)25-5/h10-12H,7-9H2,1-6H3,(H,20,21,22). The minimum absolute atomic E-state index is 0.526. The Labute approximate surface area is 155 Å². The first kappa shape index (κ1) is 19.6. The van der Waals surface area contributed by atoms with Gasteiger partial charge in [0.15, 0.2) is 11.5 Å². The van der Waals surface area contributed by atoms with Crippen molar-refractivity contribution >= 4 is 17.5 Å². The van der Waals surface area contributed by atoms with Crippen LogP contribution in [0.25, 0.3) is 0 Å². The minimum atomic E-state index is 0.526. The number of ether oxygens (including phenoxy) is 3. The molecule has 0 spiro atoms. The number of hydrogen-bond donors (Lipinski definition) is 1. The molecule has 0 unspecified atom stereocenters. The van der Waals surface area contributed by atoms with Crippen LogP contribution in [0.5, 0.6) is 17.2 Å². The molecule has 1 N–H and O–H groups in total. The third kappa shape index (κ3) is 4.68. The van der Waals surface area contributed by atoms with Gasteiger partial charge in [0, 0.05) is 43.2 Å². The molecule has 0 aliphatic carbocycles. The molecular weight excluding hydrogens is 332 g/mol. The molecule has 0 amide bonds. The molecule has 0 bridgehead atoms. The lowest BCUT2D eigenvalue weighted by atomic mass is 10.2. The fourth-order valence-corrected chi connectivity index (χ4v) is 2.60. The summed E-state index contributed by atoms with van der Waals surface area (Å²) < 4.78 is 16.1. The summed E-state index contributed by atoms with van der Waals surface area (Å²) in [6, 6.07) is 5.64. The summed E-state index contributed by atoms with van der Waals surface area (Å²) >= 11 is 0. The van der Waals surface area contributed by atoms with E-state index in [4.69, 9.17) is 14.2 Å². The van der Waals surface area contributed by atoms with Crippen LogP contribution in [0.15, 0.2) is 18.2 Å². The number of nitrogens with zero attached hydrogens (tertiary/aromatic N) is 3. The van der Waals surface area contributed by atoms with E-state index < -0.39 is 0 Å². The summed E-state index contributed by atoms with van der Waals surface area (Å²) in [7, 11) is 6.80. The Morgan fingerprint density at radius 2 is 1.65 bits per heavy atom. The van der Waals surface area contributed by atoms with Gasteiger partial charge < -0.3 is 24.4 Å². The zero-order chi connectivity index (χ0) is 19.1. The smallest absolute Gasteiger partial charge is 0.229 e. The van der Waals surface area contributed by atoms with Gasteiger partial charge in [-0.25, -0.2) is 4.98 Å². The number of methoxy groups -OCH3 is 3. The second kappa shape index (κ2) is 9.12. The molecule has 2 aromatic rings. The van der Waals surface area contributed by atoms with Crippen molar-refractivity contribution in [3.8, 4) is 17.2 Å². The molecule has 1 aromatic heterocycles. The number of unbranched alkanes of at least 4 members (excludes halogenated alkanes) is 1. The second-order valence-corrected chi connectivity index (χ2v) is 6.01. The van der Waals surface area contributed by atoms with Crippen molar-refractivity contribution in [1.82, 2.24) is 9.97 Å². The number of hydrogen-bond acceptors (Lipinski definition) is 7. The van der Waals surface area contributed by atoms with Gasteiger partial charge in [-0.15, -0.1) is 0 Å². The van der Waals surface area contributed by atoms with Crippen LogP contribution in [0.1, 0.15) is 25.5 Å². The monoisotopic (exact) mass is 360 g/mol. The summed E-state index contributed by atoms with van der Waals surface area (Å²) in [6.07, 6.45) is 2.26. The molecule has 2 rings (SSSR count). The summed E-state index contributed by atoms with van der Waals surface area (Å²) in [6.45, 7) is 5.09. The Hall–Kier alpha value is -2.70. The van der Waals surface area contributed by atoms with Gasteiger partial charge in [0.1, 0.15) is 5.82 Å². The molecule has 0 fully saturated rings. The molecule has 0 aliphatic heterocycles. The fraction of sp³-hybridized carbons (Fsp3) is 0.474. The first-order valence-corrected chi connectivity index (χ1v) is 8.66. The highest BCUT2D eigenvalue weighted by Gasteiger charge is 2.14. The lowest BCUT2D eigenvalue weighted by Gasteiger charge is -2.19. The van der Waals surface area contributed by atoms with Gasteiger partial charge in [0.05, 0.1) is 21.3 Å². The number of anilines is 3. The maximum Gasteiger partial charge on any atom is 0.229 e. The Balaban J connectivity index is 2.32. The van der Waals surface area contributed by atoms with Gasteiger partial charge in [0.25, 0.3) is 0 Å². The first-order chi connectivity index (χ1) is 12.5. The molecule has 0 saturated carbocycles. The number of aromatic nitrogens is 2. The first-order valence-electron chi connectivity index (χ1n) is 8.66. The number of rotatable bonds is 9. The Kier molecular flexibility index (Phi) is 6.89. The van der Waals surface area contributed by atoms with E-state index in [0.29, 0.717) is 23.2 Å². The van der Waals surface area contributed by atoms with Gasteiger partial charge in [-0.3, -0.25) is 0 Å². The van der Waals surface area contributed by atoms with Crippen LogP contribution in [-0.4, -0.2) is 44.9 Å². The predicted molar refractivity (Wildman–Crippen MR) is 104 cm³/mol. The highest BCUT2D eigenvalue weighted by atomic mass is 16.5. The summed E-state index contributed by atoms with van der Waals surface area (Å²) in [4.78, 5) is 11.2. The van der Waals surface area contributed by atoms with E-state index in [1.807, 2.05) is 32.2 Å². The van der Waals surface area contributed by atoms with Gasteiger partial charge in [-0.05, 0) is 13.3 Å². The fourth-order valence-electron chi connectivity index (χ4n) is 2.60. The third-order valence-corrected chi connectivity index (χ3v) is 4.00. The zero-order valence-electron chi connectivity index (χ0n) is 16.4. The third-order valence-electron chi connectivity index (χ3n) is 4.00. The topological polar surface area (TPSA) is 68.7 Å². The van der Waals surface area contributed by atoms with E-state index in [9.17, 15) is 0 Å². The SMILES string of the molecule is CCCCN(C)c1cc(C)nc(Nc2cc(OC)c(OC)c(OC)c2)n1. The quantitative estimate of drug-likeness (QED) is 0.729. The molecule has 1 aromatic carbocycles. The maximum absolute atomic E-state index is 5.39. The summed E-state index contributed by atoms with van der Waals surface area (Å²) in [5.74, 6) is 3.11. The maximum atomic E-state index is 5.39. The largest absolute Gasteiger partial charge is 0.493 e. The molecule has 7 nitrogen and oxygen atoms in total. The van der Waals surface area contributed by atoms with Crippen molar-refractivity contribution in [3.63, 3.8) is 0 Å². The molecule has 26 heavy (non-hydrogen) atoms. The Morgan fingerprint density at radius 1 is 1.00 bits per heavy atom. The highest BCUT2D eigenvalue weighted by Crippen LogP contribution is 2.40. The predicted octanol–water partition coefficient (Wildman–Crippen LogP) is 3.79. The van der Waals surface area contributed by atoms with E-state index in [0.717, 1.165) is 36.6 Å². The molecular formula is C19H28N4O3. The van der Waals surface area contributed by atoms with Crippen molar-refractivity contribution in [2.75, 3.05) is 45.1 Å². The molecule has 0 radical (unpaired) electrons. The Bertz CT molecular complexity index is 712. The van der Waals surface area contributed by atoms with Gasteiger partial charge in [0.2, 0.25) is 11.7 Å². The second-order valence-electron chi connectivity index (χ2n) is 6.01. The van der Waals surface area contributed by atoms with Crippen LogP contribution in [0.4, 0.5) is 17.5 Å². The number of nitrogens with one attached hydrogen (secondary N) is 1. The summed E-state index contributed by atoms with van der Waals surface area (Å²) in [5.41, 5.74) is 1.65. The average Bonchev–Trinajstić information content (AvgIpc) is 2.64. The van der Waals surface area contributed by atoms with E-state index in [-0.39, 0.29) is 0 Å². The van der Waals surface area contributed by atoms with Crippen LogP contribution < -0.4 is 24.4 Å². The molecule has 142 valence electrons. The van der Waals surface area contributed by atoms with Crippen LogP contribution in [0, 0.1) is 6.92 Å². The van der Waals surface area contributed by atoms with E-state index in [1.165, 1.54) is 0 Å². The van der Waals surface area contributed by atoms with Crippen LogP contribution >= 0.6 is 0 Å². The van der Waals surface area contributed by atoms with Crippen molar-refractivity contribution < 1.29 is 14.2 Å². The van der Waals surface area contributed by atoms with Crippen molar-refractivity contribution in [1.29, 1.82) is 0 Å². The molecule has 7 heteroatoms. The highest BCUT2D eigenvalue weighted by molar-refractivity contribution is 5.66. The number of aryl methyl sites for hydroxylation is 1. The zero-order valence-corrected chi connectivity index (χ0v) is 16.4. The van der Waals surface area contributed by atoms with Crippen molar-refractivity contribution in [3.05, 3.63) is 23.9 Å². The lowest BCUT2D eigenvalue weighted by Crippen LogP contribution is -2.20. The Morgan fingerprint density at radius 3 is 2.19 bits per heavy atom. The van der Waals surface area contributed by atoms with Gasteiger partial charge in [-0.2, -0.15) is 4.98 Å². The van der Waals surface area contributed by atoms with Crippen molar-refractivity contribution in [2.45, 2.75) is 26.7 Å². The normalized spacial score (nSPS) is 10.4. The van der Waals surface area contributed by atoms with Crippen LogP contribution in [-0.2, 0) is 0 Å². The minimum Gasteiger partial charge on any atom is -0.493 e. The van der Waals surface area contributed by atoms with E-state index >= 15 is 0 Å². The molecule has 0 atom stereocenters. The van der Waals surface area contributed by atoms with Gasteiger partial charge in [-0.1, -0.05) is 13.3 Å². The summed E-state index contributed by atoms with van der Waals surface area (Å²) in [5, 5.41) is 3.23. The molecule has 1 heterocycles. The van der Waals surface area contributed by atoms with Crippen LogP contribution in [0.3, 0.4) is 0 Å². The average molecular weight is 360 g/mol. The van der Waals surface area contributed by atoms with Crippen LogP contribution in [0.2, 0.25) is 0 Å². The van der Waals surface area contributed by atoms with E-state index in [2.05, 4.69) is 27.1 Å². The molecule has 0 aliphatic rings. The number of benzene rings is 1. The van der Waals surface area contributed by atoms with Crippen molar-refractivity contribution in [2.24, 2.45) is 0 Å². The van der Waals surface area contributed by atoms with Gasteiger partial charge >= 0.3 is 0 Å².